The fraction of sp³-hybridized carbons (Fsp3) is 1.00. The van der Waals surface area contributed by atoms with Crippen molar-refractivity contribution in [1.82, 2.24) is 5.32 Å². The summed E-state index contributed by atoms with van der Waals surface area (Å²) >= 11 is 0. The van der Waals surface area contributed by atoms with E-state index in [0.717, 1.165) is 19.7 Å². The van der Waals surface area contributed by atoms with Gasteiger partial charge in [-0.3, -0.25) is 0 Å². The first-order valence-electron chi connectivity index (χ1n) is 7.33. The predicted octanol–water partition coefficient (Wildman–Crippen LogP) is 2.95. The summed E-state index contributed by atoms with van der Waals surface area (Å²) in [6.07, 6.45) is 0.284. The molecule has 3 nitrogen and oxygen atoms in total. The smallest absolute Gasteiger partial charge is 0.0723 e. The summed E-state index contributed by atoms with van der Waals surface area (Å²) in [4.78, 5) is 0. The van der Waals surface area contributed by atoms with E-state index >= 15 is 0 Å². The van der Waals surface area contributed by atoms with Crippen LogP contribution in [0.1, 0.15) is 41.5 Å². The van der Waals surface area contributed by atoms with Crippen molar-refractivity contribution in [3.63, 3.8) is 0 Å². The van der Waals surface area contributed by atoms with Crippen LogP contribution >= 0.6 is 0 Å². The van der Waals surface area contributed by atoms with Crippen LogP contribution in [0.3, 0.4) is 0 Å². The first-order chi connectivity index (χ1) is 8.43. The van der Waals surface area contributed by atoms with Gasteiger partial charge in [0.1, 0.15) is 0 Å². The van der Waals surface area contributed by atoms with Crippen LogP contribution in [-0.4, -0.2) is 39.0 Å². The summed E-state index contributed by atoms with van der Waals surface area (Å²) in [5.41, 5.74) is 0. The Balaban J connectivity index is 3.63. The van der Waals surface area contributed by atoms with Crippen molar-refractivity contribution in [1.29, 1.82) is 0 Å². The zero-order valence-corrected chi connectivity index (χ0v) is 13.2. The minimum absolute atomic E-state index is 0.284. The molecule has 0 saturated heterocycles. The largest absolute Gasteiger partial charge is 0.379 e. The van der Waals surface area contributed by atoms with Crippen molar-refractivity contribution in [2.75, 3.05) is 32.9 Å². The Kier molecular flexibility index (Phi) is 10.7. The van der Waals surface area contributed by atoms with Gasteiger partial charge in [-0.2, -0.15) is 0 Å². The molecule has 18 heavy (non-hydrogen) atoms. The lowest BCUT2D eigenvalue weighted by atomic mass is 10.1. The molecular weight excluding hydrogens is 226 g/mol. The molecule has 110 valence electrons. The minimum Gasteiger partial charge on any atom is -0.379 e. The molecule has 0 aliphatic heterocycles. The first-order valence-corrected chi connectivity index (χ1v) is 7.33. The van der Waals surface area contributed by atoms with Gasteiger partial charge in [0.25, 0.3) is 0 Å². The van der Waals surface area contributed by atoms with Crippen LogP contribution in [0.2, 0.25) is 0 Å². The van der Waals surface area contributed by atoms with Gasteiger partial charge < -0.3 is 14.8 Å². The van der Waals surface area contributed by atoms with Gasteiger partial charge in [0.15, 0.2) is 0 Å². The van der Waals surface area contributed by atoms with Crippen LogP contribution in [0, 0.1) is 17.8 Å². The van der Waals surface area contributed by atoms with E-state index in [0.29, 0.717) is 31.0 Å². The van der Waals surface area contributed by atoms with Crippen molar-refractivity contribution in [3.05, 3.63) is 0 Å². The SMILES string of the molecule is CC(C)CNCC(OCCOCC(C)C)C(C)C. The zero-order chi connectivity index (χ0) is 14.0. The lowest BCUT2D eigenvalue weighted by molar-refractivity contribution is -0.0181. The molecule has 0 aliphatic carbocycles. The van der Waals surface area contributed by atoms with E-state index in [1.165, 1.54) is 0 Å². The van der Waals surface area contributed by atoms with Gasteiger partial charge in [-0.05, 0) is 24.3 Å². The van der Waals surface area contributed by atoms with Crippen molar-refractivity contribution in [3.8, 4) is 0 Å². The molecule has 1 unspecified atom stereocenters. The highest BCUT2D eigenvalue weighted by atomic mass is 16.5. The first kappa shape index (κ1) is 17.9. The lowest BCUT2D eigenvalue weighted by Crippen LogP contribution is -2.35. The van der Waals surface area contributed by atoms with Gasteiger partial charge in [-0.1, -0.05) is 41.5 Å². The Bertz CT molecular complexity index is 181. The second-order valence-electron chi connectivity index (χ2n) is 6.17. The molecule has 0 aromatic rings. The van der Waals surface area contributed by atoms with Crippen LogP contribution in [0.15, 0.2) is 0 Å². The van der Waals surface area contributed by atoms with Crippen molar-refractivity contribution < 1.29 is 9.47 Å². The summed E-state index contributed by atoms with van der Waals surface area (Å²) < 4.78 is 11.4. The third-order valence-corrected chi connectivity index (χ3v) is 2.65. The van der Waals surface area contributed by atoms with E-state index < -0.39 is 0 Å². The highest BCUT2D eigenvalue weighted by Crippen LogP contribution is 2.06. The zero-order valence-electron chi connectivity index (χ0n) is 13.2. The van der Waals surface area contributed by atoms with Crippen LogP contribution in [0.5, 0.6) is 0 Å². The van der Waals surface area contributed by atoms with E-state index in [1.54, 1.807) is 0 Å². The number of nitrogens with one attached hydrogen (secondary N) is 1. The third-order valence-electron chi connectivity index (χ3n) is 2.65. The Morgan fingerprint density at radius 1 is 0.833 bits per heavy atom. The minimum atomic E-state index is 0.284. The number of hydrogen-bond donors (Lipinski definition) is 1. The summed E-state index contributed by atoms with van der Waals surface area (Å²) in [7, 11) is 0. The molecular formula is C15H33NO2. The van der Waals surface area contributed by atoms with E-state index in [4.69, 9.17) is 9.47 Å². The molecule has 0 fully saturated rings. The van der Waals surface area contributed by atoms with Gasteiger partial charge >= 0.3 is 0 Å². The molecule has 1 atom stereocenters. The average Bonchev–Trinajstić information content (AvgIpc) is 2.25. The highest BCUT2D eigenvalue weighted by molar-refractivity contribution is 4.66. The van der Waals surface area contributed by atoms with Crippen LogP contribution in [0.4, 0.5) is 0 Å². The van der Waals surface area contributed by atoms with E-state index in [-0.39, 0.29) is 6.10 Å². The fourth-order valence-electron chi connectivity index (χ4n) is 1.58. The molecule has 0 heterocycles. The maximum atomic E-state index is 5.88. The second-order valence-corrected chi connectivity index (χ2v) is 6.17. The molecule has 0 amide bonds. The molecule has 0 bridgehead atoms. The van der Waals surface area contributed by atoms with E-state index in [2.05, 4.69) is 46.9 Å². The van der Waals surface area contributed by atoms with E-state index in [1.807, 2.05) is 0 Å². The number of ether oxygens (including phenoxy) is 2. The number of rotatable bonds is 11. The molecule has 0 aliphatic rings. The monoisotopic (exact) mass is 259 g/mol. The Hall–Kier alpha value is -0.120. The topological polar surface area (TPSA) is 30.5 Å². The predicted molar refractivity (Wildman–Crippen MR) is 77.9 cm³/mol. The Morgan fingerprint density at radius 2 is 1.50 bits per heavy atom. The summed E-state index contributed by atoms with van der Waals surface area (Å²) in [6, 6.07) is 0. The quantitative estimate of drug-likeness (QED) is 0.579. The summed E-state index contributed by atoms with van der Waals surface area (Å²) in [6.45, 7) is 17.4. The van der Waals surface area contributed by atoms with Gasteiger partial charge in [0.05, 0.1) is 19.3 Å². The molecule has 0 saturated carbocycles. The Labute approximate surface area is 114 Å². The summed E-state index contributed by atoms with van der Waals surface area (Å²) in [5.74, 6) is 1.82. The molecule has 0 aromatic carbocycles. The maximum Gasteiger partial charge on any atom is 0.0723 e. The fourth-order valence-corrected chi connectivity index (χ4v) is 1.58. The molecule has 0 aromatic heterocycles. The third kappa shape index (κ3) is 11.0. The van der Waals surface area contributed by atoms with E-state index in [9.17, 15) is 0 Å². The summed E-state index contributed by atoms with van der Waals surface area (Å²) in [5, 5.41) is 3.46. The van der Waals surface area contributed by atoms with Crippen LogP contribution in [0.25, 0.3) is 0 Å². The van der Waals surface area contributed by atoms with Crippen molar-refractivity contribution in [2.24, 2.45) is 17.8 Å². The lowest BCUT2D eigenvalue weighted by Gasteiger charge is -2.22. The van der Waals surface area contributed by atoms with Gasteiger partial charge in [0, 0.05) is 13.2 Å². The molecule has 0 rings (SSSR count). The standard InChI is InChI=1S/C15H33NO2/c1-12(2)9-16-10-15(14(5)6)18-8-7-17-11-13(3)4/h12-16H,7-11H2,1-6H3. The average molecular weight is 259 g/mol. The van der Waals surface area contributed by atoms with Crippen LogP contribution < -0.4 is 5.32 Å². The van der Waals surface area contributed by atoms with Gasteiger partial charge in [-0.15, -0.1) is 0 Å². The van der Waals surface area contributed by atoms with Crippen molar-refractivity contribution in [2.45, 2.75) is 47.6 Å². The van der Waals surface area contributed by atoms with Crippen molar-refractivity contribution >= 4 is 0 Å². The number of hydrogen-bond acceptors (Lipinski definition) is 3. The molecule has 1 N–H and O–H groups in total. The Morgan fingerprint density at radius 3 is 2.00 bits per heavy atom. The van der Waals surface area contributed by atoms with Crippen LogP contribution in [-0.2, 0) is 9.47 Å². The second kappa shape index (κ2) is 10.8. The highest BCUT2D eigenvalue weighted by Gasteiger charge is 2.13. The normalized spacial score (nSPS) is 13.8. The molecule has 3 heteroatoms. The van der Waals surface area contributed by atoms with Gasteiger partial charge in [-0.25, -0.2) is 0 Å². The maximum absolute atomic E-state index is 5.88. The molecule has 0 spiro atoms. The van der Waals surface area contributed by atoms with Gasteiger partial charge in [0.2, 0.25) is 0 Å². The molecule has 0 radical (unpaired) electrons.